The van der Waals surface area contributed by atoms with Gasteiger partial charge in [0.2, 0.25) is 26.0 Å². The van der Waals surface area contributed by atoms with Crippen molar-refractivity contribution in [2.45, 2.75) is 36.5 Å². The molecule has 1 aliphatic heterocycles. The molecule has 2 aromatic rings. The van der Waals surface area contributed by atoms with Crippen LogP contribution in [0.4, 0.5) is 5.69 Å². The molecular formula is C21H27N3O6S2. The lowest BCUT2D eigenvalue weighted by Crippen LogP contribution is -2.43. The first-order valence-electron chi connectivity index (χ1n) is 10.2. The Morgan fingerprint density at radius 1 is 1.12 bits per heavy atom. The van der Waals surface area contributed by atoms with Crippen LogP contribution in [0.1, 0.15) is 25.3 Å². The molecule has 9 nitrogen and oxygen atoms in total. The van der Waals surface area contributed by atoms with E-state index in [4.69, 9.17) is 9.88 Å². The largest absolute Gasteiger partial charge is 0.494 e. The van der Waals surface area contributed by atoms with Crippen molar-refractivity contribution in [3.05, 3.63) is 48.0 Å². The van der Waals surface area contributed by atoms with E-state index in [1.54, 1.807) is 19.1 Å². The van der Waals surface area contributed by atoms with Crippen molar-refractivity contribution in [2.24, 2.45) is 11.1 Å². The molecule has 0 aliphatic carbocycles. The van der Waals surface area contributed by atoms with Crippen molar-refractivity contribution in [1.29, 1.82) is 0 Å². The maximum absolute atomic E-state index is 13.2. The highest BCUT2D eigenvalue weighted by Crippen LogP contribution is 2.28. The zero-order chi connectivity index (χ0) is 23.5. The number of hydrogen-bond acceptors (Lipinski definition) is 6. The zero-order valence-corrected chi connectivity index (χ0v) is 19.6. The summed E-state index contributed by atoms with van der Waals surface area (Å²) in [7, 11) is -7.58. The van der Waals surface area contributed by atoms with Gasteiger partial charge in [0.15, 0.2) is 0 Å². The number of aryl methyl sites for hydroxylation is 1. The third kappa shape index (κ3) is 5.47. The lowest BCUT2D eigenvalue weighted by Gasteiger charge is -2.31. The molecule has 1 aliphatic rings. The number of amides is 1. The highest BCUT2D eigenvalue weighted by molar-refractivity contribution is 7.89. The van der Waals surface area contributed by atoms with E-state index in [0.717, 1.165) is 5.56 Å². The Morgan fingerprint density at radius 2 is 1.78 bits per heavy atom. The SMILES string of the molecule is CCOc1ccc(S(=O)(=O)N2CCC[C@H](C(=O)Nc3ccc(S(N)(=O)=O)cc3)C2)cc1C. The van der Waals surface area contributed by atoms with Crippen LogP contribution >= 0.6 is 0 Å². The van der Waals surface area contributed by atoms with Crippen LogP contribution in [0.25, 0.3) is 0 Å². The molecule has 1 heterocycles. The van der Waals surface area contributed by atoms with Crippen LogP contribution in [0.5, 0.6) is 5.75 Å². The number of ether oxygens (including phenoxy) is 1. The summed E-state index contributed by atoms with van der Waals surface area (Å²) in [6.45, 7) is 4.53. The number of rotatable bonds is 7. The highest BCUT2D eigenvalue weighted by Gasteiger charge is 2.33. The van der Waals surface area contributed by atoms with E-state index in [0.29, 0.717) is 37.4 Å². The number of benzene rings is 2. The molecule has 3 N–H and O–H groups in total. The minimum absolute atomic E-state index is 0.0592. The first kappa shape index (κ1) is 24.2. The molecule has 0 bridgehead atoms. The third-order valence-electron chi connectivity index (χ3n) is 5.29. The quantitative estimate of drug-likeness (QED) is 0.621. The Morgan fingerprint density at radius 3 is 2.38 bits per heavy atom. The van der Waals surface area contributed by atoms with E-state index in [2.05, 4.69) is 5.32 Å². The maximum Gasteiger partial charge on any atom is 0.243 e. The van der Waals surface area contributed by atoms with Crippen LogP contribution in [-0.4, -0.2) is 46.7 Å². The number of hydrogen-bond donors (Lipinski definition) is 2. The molecule has 32 heavy (non-hydrogen) atoms. The minimum atomic E-state index is -3.82. The average Bonchev–Trinajstić information content (AvgIpc) is 2.75. The topological polar surface area (TPSA) is 136 Å². The van der Waals surface area contributed by atoms with Crippen molar-refractivity contribution >= 4 is 31.6 Å². The lowest BCUT2D eigenvalue weighted by molar-refractivity contribution is -0.120. The average molecular weight is 482 g/mol. The monoisotopic (exact) mass is 481 g/mol. The number of sulfonamides is 2. The first-order chi connectivity index (χ1) is 15.0. The number of piperidine rings is 1. The number of anilines is 1. The lowest BCUT2D eigenvalue weighted by atomic mass is 9.99. The fraction of sp³-hybridized carbons (Fsp3) is 0.381. The van der Waals surface area contributed by atoms with Gasteiger partial charge in [-0.05, 0) is 74.7 Å². The second kappa shape index (κ2) is 9.57. The standard InChI is InChI=1S/C21H27N3O6S2/c1-3-30-20-11-10-19(13-15(20)2)32(28,29)24-12-4-5-16(14-24)21(25)23-17-6-8-18(9-7-17)31(22,26)27/h6-11,13,16H,3-5,12,14H2,1-2H3,(H,23,25)(H2,22,26,27)/t16-/m0/s1. The number of nitrogens with two attached hydrogens (primary N) is 1. The molecule has 3 rings (SSSR count). The van der Waals surface area contributed by atoms with E-state index in [1.807, 2.05) is 6.92 Å². The predicted molar refractivity (Wildman–Crippen MR) is 120 cm³/mol. The van der Waals surface area contributed by atoms with Gasteiger partial charge in [0.05, 0.1) is 22.3 Å². The van der Waals surface area contributed by atoms with Crippen molar-refractivity contribution in [3.8, 4) is 5.75 Å². The Hall–Kier alpha value is -2.47. The summed E-state index contributed by atoms with van der Waals surface area (Å²) in [6, 6.07) is 10.2. The second-order valence-corrected chi connectivity index (χ2v) is 11.1. The molecule has 0 radical (unpaired) electrons. The fourth-order valence-corrected chi connectivity index (χ4v) is 5.72. The Labute approximate surface area is 188 Å². The number of carbonyl (C=O) groups is 1. The predicted octanol–water partition coefficient (Wildman–Crippen LogP) is 2.08. The summed E-state index contributed by atoms with van der Waals surface area (Å²) < 4.78 is 55.8. The van der Waals surface area contributed by atoms with Crippen LogP contribution in [0.3, 0.4) is 0 Å². The van der Waals surface area contributed by atoms with Crippen molar-refractivity contribution in [2.75, 3.05) is 25.0 Å². The van der Waals surface area contributed by atoms with Crippen LogP contribution in [0.15, 0.2) is 52.3 Å². The number of nitrogens with one attached hydrogen (secondary N) is 1. The number of primary sulfonamides is 1. The maximum atomic E-state index is 13.2. The van der Waals surface area contributed by atoms with Crippen LogP contribution < -0.4 is 15.2 Å². The Balaban J connectivity index is 1.71. The molecule has 1 amide bonds. The molecule has 1 fully saturated rings. The second-order valence-electron chi connectivity index (χ2n) is 7.62. The molecule has 11 heteroatoms. The van der Waals surface area contributed by atoms with Gasteiger partial charge in [0, 0.05) is 18.8 Å². The van der Waals surface area contributed by atoms with Crippen molar-refractivity contribution < 1.29 is 26.4 Å². The van der Waals surface area contributed by atoms with Crippen LogP contribution in [0, 0.1) is 12.8 Å². The van der Waals surface area contributed by atoms with E-state index >= 15 is 0 Å². The fourth-order valence-electron chi connectivity index (χ4n) is 3.60. The van der Waals surface area contributed by atoms with E-state index in [-0.39, 0.29) is 22.2 Å². The molecule has 174 valence electrons. The molecule has 0 spiro atoms. The molecule has 2 aromatic carbocycles. The van der Waals surface area contributed by atoms with Gasteiger partial charge in [-0.2, -0.15) is 4.31 Å². The molecule has 0 aromatic heterocycles. The summed E-state index contributed by atoms with van der Waals surface area (Å²) in [5.74, 6) is -0.216. The molecular weight excluding hydrogens is 454 g/mol. The van der Waals surface area contributed by atoms with Gasteiger partial charge in [-0.3, -0.25) is 4.79 Å². The molecule has 1 saturated heterocycles. The highest BCUT2D eigenvalue weighted by atomic mass is 32.2. The van der Waals surface area contributed by atoms with Gasteiger partial charge in [0.25, 0.3) is 0 Å². The van der Waals surface area contributed by atoms with Gasteiger partial charge in [0.1, 0.15) is 5.75 Å². The van der Waals surface area contributed by atoms with E-state index in [9.17, 15) is 21.6 Å². The van der Waals surface area contributed by atoms with Crippen molar-refractivity contribution in [3.63, 3.8) is 0 Å². The molecule has 0 saturated carbocycles. The van der Waals surface area contributed by atoms with Gasteiger partial charge in [-0.15, -0.1) is 0 Å². The van der Waals surface area contributed by atoms with Crippen LogP contribution in [-0.2, 0) is 24.8 Å². The van der Waals surface area contributed by atoms with Gasteiger partial charge >= 0.3 is 0 Å². The summed E-state index contributed by atoms with van der Waals surface area (Å²) in [5, 5.41) is 7.80. The smallest absolute Gasteiger partial charge is 0.243 e. The Kier molecular flexibility index (Phi) is 7.23. The first-order valence-corrected chi connectivity index (χ1v) is 13.2. The van der Waals surface area contributed by atoms with Crippen molar-refractivity contribution in [1.82, 2.24) is 4.31 Å². The van der Waals surface area contributed by atoms with E-state index < -0.39 is 26.0 Å². The Bertz CT molecular complexity index is 1190. The summed E-state index contributed by atoms with van der Waals surface area (Å²) in [5.41, 5.74) is 1.13. The summed E-state index contributed by atoms with van der Waals surface area (Å²) >= 11 is 0. The number of carbonyl (C=O) groups excluding carboxylic acids is 1. The van der Waals surface area contributed by atoms with Crippen LogP contribution in [0.2, 0.25) is 0 Å². The molecule has 1 atom stereocenters. The van der Waals surface area contributed by atoms with Gasteiger partial charge in [-0.25, -0.2) is 22.0 Å². The van der Waals surface area contributed by atoms with E-state index in [1.165, 1.54) is 34.6 Å². The summed E-state index contributed by atoms with van der Waals surface area (Å²) in [6.07, 6.45) is 1.10. The molecule has 0 unspecified atom stereocenters. The minimum Gasteiger partial charge on any atom is -0.494 e. The zero-order valence-electron chi connectivity index (χ0n) is 17.9. The van der Waals surface area contributed by atoms with Gasteiger partial charge < -0.3 is 10.1 Å². The third-order valence-corrected chi connectivity index (χ3v) is 8.08. The summed E-state index contributed by atoms with van der Waals surface area (Å²) in [4.78, 5) is 12.8. The normalized spacial score (nSPS) is 17.7. The van der Waals surface area contributed by atoms with Gasteiger partial charge in [-0.1, -0.05) is 0 Å². The number of nitrogens with zero attached hydrogens (tertiary/aromatic N) is 1.